The van der Waals surface area contributed by atoms with Crippen molar-refractivity contribution >= 4 is 22.9 Å². The molecule has 0 aliphatic heterocycles. The summed E-state index contributed by atoms with van der Waals surface area (Å²) in [7, 11) is 0. The Morgan fingerprint density at radius 2 is 1.00 bits per heavy atom. The summed E-state index contributed by atoms with van der Waals surface area (Å²) in [6.45, 7) is 11.2. The van der Waals surface area contributed by atoms with E-state index in [0.29, 0.717) is 50.6 Å². The van der Waals surface area contributed by atoms with Crippen LogP contribution in [-0.4, -0.2) is 84.5 Å². The number of ketones is 2. The van der Waals surface area contributed by atoms with Gasteiger partial charge < -0.3 is 41.7 Å². The number of rotatable bonds is 13. The molecule has 0 amide bonds. The molecule has 0 saturated heterocycles. The third-order valence-electron chi connectivity index (χ3n) is 5.32. The van der Waals surface area contributed by atoms with Crippen molar-refractivity contribution in [2.45, 2.75) is 34.1 Å². The SMILES string of the molecule is CC.CC.O=C1c2c(O)ccc(O)c2C(=O)c2c(NCCNCCO)ccc(NCCCNCCO)c21. The third kappa shape index (κ3) is 8.16. The number of phenols is 2. The van der Waals surface area contributed by atoms with E-state index in [4.69, 9.17) is 10.2 Å². The van der Waals surface area contributed by atoms with Crippen molar-refractivity contribution < 1.29 is 30.0 Å². The van der Waals surface area contributed by atoms with Gasteiger partial charge in [-0.3, -0.25) is 9.59 Å². The minimum atomic E-state index is -0.549. The van der Waals surface area contributed by atoms with Crippen molar-refractivity contribution in [2.24, 2.45) is 0 Å². The van der Waals surface area contributed by atoms with Crippen LogP contribution in [0.1, 0.15) is 66.0 Å². The lowest BCUT2D eigenvalue weighted by Crippen LogP contribution is -2.28. The number of aromatic hydroxyl groups is 2. The number of nitrogens with one attached hydrogen (secondary N) is 4. The number of carbonyl (C=O) groups excluding carboxylic acids is 2. The van der Waals surface area contributed by atoms with E-state index < -0.39 is 11.6 Å². The molecule has 2 aromatic carbocycles. The number of phenolic OH excluding ortho intramolecular Hbond substituents is 2. The van der Waals surface area contributed by atoms with E-state index in [1.807, 2.05) is 27.7 Å². The van der Waals surface area contributed by atoms with Gasteiger partial charge in [-0.2, -0.15) is 0 Å². The molecule has 1 aliphatic carbocycles. The number of aliphatic hydroxyl groups is 2. The first-order chi connectivity index (χ1) is 18.0. The Hall–Kier alpha value is -3.18. The van der Waals surface area contributed by atoms with Gasteiger partial charge in [0.1, 0.15) is 11.5 Å². The normalized spacial score (nSPS) is 11.4. The fourth-order valence-electron chi connectivity index (χ4n) is 3.79. The van der Waals surface area contributed by atoms with Crippen LogP contribution in [0.15, 0.2) is 24.3 Å². The number of fused-ring (bicyclic) bond motifs is 2. The monoisotopic (exact) mass is 518 g/mol. The Kier molecular flexibility index (Phi) is 14.9. The largest absolute Gasteiger partial charge is 0.507 e. The Morgan fingerprint density at radius 1 is 0.568 bits per heavy atom. The molecule has 0 saturated carbocycles. The Morgan fingerprint density at radius 3 is 1.46 bits per heavy atom. The van der Waals surface area contributed by atoms with Crippen LogP contribution in [0.5, 0.6) is 11.5 Å². The number of hydrogen-bond donors (Lipinski definition) is 8. The number of anilines is 2. The first-order valence-electron chi connectivity index (χ1n) is 12.9. The Labute approximate surface area is 219 Å². The van der Waals surface area contributed by atoms with E-state index in [9.17, 15) is 19.8 Å². The molecule has 0 heterocycles. The number of hydrogen-bond acceptors (Lipinski definition) is 10. The van der Waals surface area contributed by atoms with Gasteiger partial charge in [0.15, 0.2) is 0 Å². The molecule has 206 valence electrons. The van der Waals surface area contributed by atoms with Crippen molar-refractivity contribution in [3.63, 3.8) is 0 Å². The van der Waals surface area contributed by atoms with Crippen molar-refractivity contribution in [2.75, 3.05) is 63.1 Å². The van der Waals surface area contributed by atoms with Gasteiger partial charge in [-0.1, -0.05) is 27.7 Å². The molecule has 0 spiro atoms. The second-order valence-electron chi connectivity index (χ2n) is 7.58. The molecule has 0 radical (unpaired) electrons. The van der Waals surface area contributed by atoms with Gasteiger partial charge in [0, 0.05) is 44.1 Å². The maximum absolute atomic E-state index is 13.4. The van der Waals surface area contributed by atoms with E-state index in [0.717, 1.165) is 6.42 Å². The summed E-state index contributed by atoms with van der Waals surface area (Å²) in [6, 6.07) is 5.80. The fourth-order valence-corrected chi connectivity index (χ4v) is 3.79. The standard InChI is InChI=1S/C23H30N4O6.2C2H6/c28-12-10-24-6-1-7-26-14-2-3-15(27-9-8-25-11-13-29)19-18(14)22(32)20-16(30)4-5-17(31)21(20)23(19)33;2*1-2/h2-5,24-31H,1,6-13H2;2*1-2H3. The van der Waals surface area contributed by atoms with Gasteiger partial charge in [-0.25, -0.2) is 0 Å². The highest BCUT2D eigenvalue weighted by molar-refractivity contribution is 6.33. The van der Waals surface area contributed by atoms with Crippen LogP contribution in [-0.2, 0) is 0 Å². The highest BCUT2D eigenvalue weighted by Crippen LogP contribution is 2.42. The zero-order valence-corrected chi connectivity index (χ0v) is 22.3. The Bertz CT molecular complexity index is 1010. The topological polar surface area (TPSA) is 163 Å². The minimum absolute atomic E-state index is 0.0117. The van der Waals surface area contributed by atoms with E-state index in [-0.39, 0.29) is 47.0 Å². The summed E-state index contributed by atoms with van der Waals surface area (Å²) < 4.78 is 0. The van der Waals surface area contributed by atoms with E-state index in [1.54, 1.807) is 12.1 Å². The average molecular weight is 519 g/mol. The summed E-state index contributed by atoms with van der Waals surface area (Å²) in [5, 5.41) is 50.7. The van der Waals surface area contributed by atoms with Crippen molar-refractivity contribution in [3.05, 3.63) is 46.5 Å². The molecule has 0 aromatic heterocycles. The fraction of sp³-hybridized carbons (Fsp3) is 0.481. The molecule has 8 N–H and O–H groups in total. The molecular formula is C27H42N4O6. The summed E-state index contributed by atoms with van der Waals surface area (Å²) in [4.78, 5) is 26.8. The molecule has 0 fully saturated rings. The zero-order valence-electron chi connectivity index (χ0n) is 22.3. The van der Waals surface area contributed by atoms with Gasteiger partial charge in [0.05, 0.1) is 35.5 Å². The molecule has 0 unspecified atom stereocenters. The summed E-state index contributed by atoms with van der Waals surface area (Å²) in [6.07, 6.45) is 0.718. The maximum Gasteiger partial charge on any atom is 0.200 e. The van der Waals surface area contributed by atoms with Crippen molar-refractivity contribution in [3.8, 4) is 11.5 Å². The molecule has 3 rings (SSSR count). The van der Waals surface area contributed by atoms with Gasteiger partial charge in [-0.15, -0.1) is 0 Å². The smallest absolute Gasteiger partial charge is 0.200 e. The zero-order chi connectivity index (χ0) is 27.8. The molecule has 37 heavy (non-hydrogen) atoms. The van der Waals surface area contributed by atoms with Gasteiger partial charge in [0.2, 0.25) is 11.6 Å². The maximum atomic E-state index is 13.4. The molecule has 10 nitrogen and oxygen atoms in total. The molecular weight excluding hydrogens is 476 g/mol. The van der Waals surface area contributed by atoms with Crippen molar-refractivity contribution in [1.29, 1.82) is 0 Å². The number of aliphatic hydroxyl groups excluding tert-OH is 2. The highest BCUT2D eigenvalue weighted by Gasteiger charge is 2.37. The van der Waals surface area contributed by atoms with Gasteiger partial charge >= 0.3 is 0 Å². The van der Waals surface area contributed by atoms with Crippen LogP contribution < -0.4 is 21.3 Å². The highest BCUT2D eigenvalue weighted by atomic mass is 16.3. The van der Waals surface area contributed by atoms with Crippen LogP contribution in [0.25, 0.3) is 0 Å². The second kappa shape index (κ2) is 17.3. The molecule has 0 bridgehead atoms. The van der Waals surface area contributed by atoms with Gasteiger partial charge in [0.25, 0.3) is 0 Å². The predicted molar refractivity (Wildman–Crippen MR) is 147 cm³/mol. The van der Waals surface area contributed by atoms with Crippen LogP contribution >= 0.6 is 0 Å². The lowest BCUT2D eigenvalue weighted by Gasteiger charge is -2.25. The molecule has 1 aliphatic rings. The van der Waals surface area contributed by atoms with Crippen LogP contribution in [0.4, 0.5) is 11.4 Å². The summed E-state index contributed by atoms with van der Waals surface area (Å²) in [5.74, 6) is -1.82. The summed E-state index contributed by atoms with van der Waals surface area (Å²) >= 11 is 0. The quantitative estimate of drug-likeness (QED) is 0.124. The number of benzene rings is 2. The molecule has 2 aromatic rings. The lowest BCUT2D eigenvalue weighted by molar-refractivity contribution is 0.0975. The lowest BCUT2D eigenvalue weighted by atomic mass is 9.81. The molecule has 0 atom stereocenters. The van der Waals surface area contributed by atoms with Crippen LogP contribution in [0, 0.1) is 0 Å². The molecule has 10 heteroatoms. The average Bonchev–Trinajstić information content (AvgIpc) is 2.92. The van der Waals surface area contributed by atoms with Crippen LogP contribution in [0.3, 0.4) is 0 Å². The van der Waals surface area contributed by atoms with Crippen molar-refractivity contribution in [1.82, 2.24) is 10.6 Å². The Balaban J connectivity index is 0.00000163. The van der Waals surface area contributed by atoms with Gasteiger partial charge in [-0.05, 0) is 37.2 Å². The summed E-state index contributed by atoms with van der Waals surface area (Å²) in [5.41, 5.74) is 0.769. The number of carbonyl (C=O) groups is 2. The van der Waals surface area contributed by atoms with E-state index in [2.05, 4.69) is 21.3 Å². The first-order valence-corrected chi connectivity index (χ1v) is 12.9. The second-order valence-corrected chi connectivity index (χ2v) is 7.58. The van der Waals surface area contributed by atoms with E-state index in [1.165, 1.54) is 12.1 Å². The first kappa shape index (κ1) is 31.8. The van der Waals surface area contributed by atoms with Crippen LogP contribution in [0.2, 0.25) is 0 Å². The van der Waals surface area contributed by atoms with E-state index >= 15 is 0 Å². The third-order valence-corrected chi connectivity index (χ3v) is 5.32. The minimum Gasteiger partial charge on any atom is -0.507 e. The predicted octanol–water partition coefficient (Wildman–Crippen LogP) is 2.30.